The molecule has 14 heavy (non-hydrogen) atoms. The zero-order valence-corrected chi connectivity index (χ0v) is 7.61. The molecular formula is C7H6NO5S. The molecule has 0 saturated carbocycles. The number of hydrogen-bond donors (Lipinski definition) is 2. The Morgan fingerprint density at radius 3 is 2.29 bits per heavy atom. The number of carboxylic acid groups (broad SMARTS) is 1. The third kappa shape index (κ3) is 1.83. The topological polar surface area (TPSA) is 117 Å². The molecule has 0 bridgehead atoms. The fourth-order valence-electron chi connectivity index (χ4n) is 0.959. The van der Waals surface area contributed by atoms with Crippen molar-refractivity contribution < 1.29 is 23.4 Å². The molecule has 0 amide bonds. The maximum absolute atomic E-state index is 11.0. The minimum absolute atomic E-state index is 0.669. The molecule has 0 unspecified atom stereocenters. The smallest absolute Gasteiger partial charge is 0.341 e. The van der Waals surface area contributed by atoms with Crippen LogP contribution in [0.4, 0.5) is 0 Å². The second kappa shape index (κ2) is 3.28. The van der Waals surface area contributed by atoms with Gasteiger partial charge in [0.05, 0.1) is 0 Å². The molecule has 6 nitrogen and oxygen atoms in total. The highest BCUT2D eigenvalue weighted by Crippen LogP contribution is 2.24. The van der Waals surface area contributed by atoms with E-state index in [1.165, 1.54) is 0 Å². The minimum atomic E-state index is -4.18. The van der Waals surface area contributed by atoms with E-state index in [9.17, 15) is 18.3 Å². The van der Waals surface area contributed by atoms with Crippen LogP contribution >= 0.6 is 0 Å². The molecule has 0 spiro atoms. The lowest BCUT2D eigenvalue weighted by atomic mass is 10.2. The summed E-state index contributed by atoms with van der Waals surface area (Å²) in [7, 11) is -4.18. The first-order valence-electron chi connectivity index (χ1n) is 3.40. The second-order valence-corrected chi connectivity index (χ2v) is 4.01. The Hall–Kier alpha value is -1.60. The van der Waals surface area contributed by atoms with Crippen LogP contribution in [-0.2, 0) is 15.1 Å². The molecule has 0 saturated heterocycles. The SMILES string of the molecule is NS(=O)(=O)c1cccc([O])c1C(=O)O. The summed E-state index contributed by atoms with van der Waals surface area (Å²) in [5, 5.41) is 24.4. The molecule has 0 aliphatic heterocycles. The number of benzene rings is 1. The molecule has 1 rings (SSSR count). The number of carboxylic acids is 1. The fraction of sp³-hybridized carbons (Fsp3) is 0. The lowest BCUT2D eigenvalue weighted by Gasteiger charge is -2.02. The van der Waals surface area contributed by atoms with Gasteiger partial charge in [-0.15, -0.1) is 0 Å². The van der Waals surface area contributed by atoms with Crippen LogP contribution in [0.2, 0.25) is 0 Å². The van der Waals surface area contributed by atoms with E-state index >= 15 is 0 Å². The predicted molar refractivity (Wildman–Crippen MR) is 44.9 cm³/mol. The van der Waals surface area contributed by atoms with Crippen molar-refractivity contribution in [3.05, 3.63) is 23.8 Å². The Bertz CT molecular complexity index is 479. The largest absolute Gasteiger partial charge is 0.478 e. The normalized spacial score (nSPS) is 11.2. The fourth-order valence-corrected chi connectivity index (χ4v) is 1.70. The van der Waals surface area contributed by atoms with Crippen molar-refractivity contribution in [2.45, 2.75) is 4.90 Å². The summed E-state index contributed by atoms with van der Waals surface area (Å²) in [6, 6.07) is 3.06. The van der Waals surface area contributed by atoms with Gasteiger partial charge in [0.25, 0.3) is 0 Å². The summed E-state index contributed by atoms with van der Waals surface area (Å²) in [6.45, 7) is 0. The molecule has 3 N–H and O–H groups in total. The van der Waals surface area contributed by atoms with E-state index in [2.05, 4.69) is 0 Å². The molecule has 0 atom stereocenters. The van der Waals surface area contributed by atoms with Crippen molar-refractivity contribution in [2.24, 2.45) is 5.14 Å². The second-order valence-electron chi connectivity index (χ2n) is 2.48. The third-order valence-electron chi connectivity index (χ3n) is 1.51. The van der Waals surface area contributed by atoms with Gasteiger partial charge < -0.3 is 5.11 Å². The summed E-state index contributed by atoms with van der Waals surface area (Å²) in [4.78, 5) is 9.90. The average molecular weight is 216 g/mol. The van der Waals surface area contributed by atoms with Crippen LogP contribution in [0.25, 0.3) is 0 Å². The zero-order chi connectivity index (χ0) is 10.9. The summed E-state index contributed by atoms with van der Waals surface area (Å²) in [6.07, 6.45) is 0. The van der Waals surface area contributed by atoms with E-state index < -0.39 is 32.2 Å². The molecule has 75 valence electrons. The molecule has 0 heterocycles. The van der Waals surface area contributed by atoms with Crippen molar-refractivity contribution >= 4 is 16.0 Å². The highest BCUT2D eigenvalue weighted by Gasteiger charge is 2.22. The van der Waals surface area contributed by atoms with E-state index in [0.717, 1.165) is 18.2 Å². The lowest BCUT2D eigenvalue weighted by molar-refractivity contribution is 0.0687. The van der Waals surface area contributed by atoms with Crippen LogP contribution in [0.5, 0.6) is 5.75 Å². The Labute approximate surface area is 79.6 Å². The van der Waals surface area contributed by atoms with Crippen molar-refractivity contribution in [2.75, 3.05) is 0 Å². The van der Waals surface area contributed by atoms with Crippen molar-refractivity contribution in [1.29, 1.82) is 0 Å². The van der Waals surface area contributed by atoms with Crippen molar-refractivity contribution in [3.63, 3.8) is 0 Å². The van der Waals surface area contributed by atoms with Gasteiger partial charge in [0, 0.05) is 0 Å². The summed E-state index contributed by atoms with van der Waals surface area (Å²) >= 11 is 0. The van der Waals surface area contributed by atoms with Crippen LogP contribution in [0, 0.1) is 0 Å². The van der Waals surface area contributed by atoms with Crippen LogP contribution in [0.15, 0.2) is 23.1 Å². The molecule has 0 fully saturated rings. The van der Waals surface area contributed by atoms with E-state index in [0.29, 0.717) is 0 Å². The van der Waals surface area contributed by atoms with Gasteiger partial charge in [0.2, 0.25) is 10.0 Å². The number of sulfonamides is 1. The monoisotopic (exact) mass is 216 g/mol. The number of carbonyl (C=O) groups is 1. The number of aromatic carboxylic acids is 1. The Kier molecular flexibility index (Phi) is 2.45. The molecular weight excluding hydrogens is 210 g/mol. The molecule has 1 radical (unpaired) electrons. The summed E-state index contributed by atoms with van der Waals surface area (Å²) in [5.41, 5.74) is -0.824. The summed E-state index contributed by atoms with van der Waals surface area (Å²) < 4.78 is 21.8. The Morgan fingerprint density at radius 1 is 1.36 bits per heavy atom. The van der Waals surface area contributed by atoms with Crippen molar-refractivity contribution in [3.8, 4) is 5.75 Å². The lowest BCUT2D eigenvalue weighted by Crippen LogP contribution is -2.16. The highest BCUT2D eigenvalue weighted by molar-refractivity contribution is 7.89. The number of rotatable bonds is 2. The van der Waals surface area contributed by atoms with Crippen LogP contribution in [0.3, 0.4) is 0 Å². The van der Waals surface area contributed by atoms with Gasteiger partial charge in [-0.05, 0) is 12.1 Å². The average Bonchev–Trinajstić information content (AvgIpc) is 2.01. The van der Waals surface area contributed by atoms with Crippen LogP contribution in [-0.4, -0.2) is 19.5 Å². The Morgan fingerprint density at radius 2 is 1.93 bits per heavy atom. The number of primary sulfonamides is 1. The highest BCUT2D eigenvalue weighted by atomic mass is 32.2. The van der Waals surface area contributed by atoms with E-state index in [1.54, 1.807) is 0 Å². The van der Waals surface area contributed by atoms with Gasteiger partial charge in [-0.1, -0.05) is 6.07 Å². The Balaban J connectivity index is 3.61. The van der Waals surface area contributed by atoms with Gasteiger partial charge in [-0.25, -0.2) is 18.4 Å². The number of nitrogens with two attached hydrogens (primary N) is 1. The van der Waals surface area contributed by atoms with Crippen LogP contribution in [0.1, 0.15) is 10.4 Å². The molecule has 0 aromatic heterocycles. The molecule has 0 aliphatic rings. The van der Waals surface area contributed by atoms with E-state index in [4.69, 9.17) is 10.2 Å². The van der Waals surface area contributed by atoms with Crippen molar-refractivity contribution in [1.82, 2.24) is 0 Å². The first-order valence-corrected chi connectivity index (χ1v) is 4.95. The van der Waals surface area contributed by atoms with E-state index in [-0.39, 0.29) is 0 Å². The molecule has 7 heteroatoms. The third-order valence-corrected chi connectivity index (χ3v) is 2.46. The maximum atomic E-state index is 11.0. The molecule has 0 aliphatic carbocycles. The first kappa shape index (κ1) is 10.5. The number of hydrogen-bond acceptors (Lipinski definition) is 3. The quantitative estimate of drug-likeness (QED) is 0.732. The maximum Gasteiger partial charge on any atom is 0.341 e. The van der Waals surface area contributed by atoms with Gasteiger partial charge >= 0.3 is 5.97 Å². The standard InChI is InChI=1S/C7H6NO5S/c8-14(12,13)5-3-1-2-4(9)6(5)7(10)11/h1-3H,(H,10,11)(H2,8,12,13). The molecule has 1 aromatic carbocycles. The van der Waals surface area contributed by atoms with E-state index in [1.807, 2.05) is 0 Å². The zero-order valence-electron chi connectivity index (χ0n) is 6.80. The molecule has 1 aromatic rings. The van der Waals surface area contributed by atoms with Gasteiger partial charge in [0.1, 0.15) is 10.5 Å². The van der Waals surface area contributed by atoms with Gasteiger partial charge in [0.15, 0.2) is 5.75 Å². The first-order chi connectivity index (χ1) is 6.34. The van der Waals surface area contributed by atoms with Crippen LogP contribution < -0.4 is 5.14 Å². The van der Waals surface area contributed by atoms with Gasteiger partial charge in [-0.3, -0.25) is 5.11 Å². The van der Waals surface area contributed by atoms with Gasteiger partial charge in [-0.2, -0.15) is 0 Å². The minimum Gasteiger partial charge on any atom is -0.478 e. The predicted octanol–water partition coefficient (Wildman–Crippen LogP) is 0.176. The summed E-state index contributed by atoms with van der Waals surface area (Å²) in [5.74, 6) is -2.50.